The lowest BCUT2D eigenvalue weighted by Gasteiger charge is -2.08. The number of benzene rings is 1. The van der Waals surface area contributed by atoms with Crippen molar-refractivity contribution in [3.63, 3.8) is 0 Å². The van der Waals surface area contributed by atoms with E-state index in [1.165, 1.54) is 0 Å². The maximum atomic E-state index is 11.9. The Hall–Kier alpha value is -2.30. The van der Waals surface area contributed by atoms with E-state index in [-0.39, 0.29) is 11.7 Å². The quantitative estimate of drug-likeness (QED) is 0.748. The number of nitrogens with one attached hydrogen (secondary N) is 1. The molecule has 3 rings (SSSR count). The molecule has 2 aromatic heterocycles. The summed E-state index contributed by atoms with van der Waals surface area (Å²) in [7, 11) is 0. The summed E-state index contributed by atoms with van der Waals surface area (Å²) in [6.07, 6.45) is 5.36. The average molecular weight is 242 g/mol. The molecule has 5 nitrogen and oxygen atoms in total. The summed E-state index contributed by atoms with van der Waals surface area (Å²) in [6.45, 7) is 4.00. The van der Waals surface area contributed by atoms with E-state index in [0.717, 1.165) is 16.7 Å². The predicted octanol–water partition coefficient (Wildman–Crippen LogP) is 2.10. The van der Waals surface area contributed by atoms with E-state index in [2.05, 4.69) is 9.97 Å². The lowest BCUT2D eigenvalue weighted by molar-refractivity contribution is 0.598. The maximum absolute atomic E-state index is 11.9. The summed E-state index contributed by atoms with van der Waals surface area (Å²) in [5.74, 6) is 0. The molecule has 0 unspecified atom stereocenters. The number of hydrogen-bond acceptors (Lipinski definition) is 2. The Morgan fingerprint density at radius 1 is 1.33 bits per heavy atom. The van der Waals surface area contributed by atoms with Crippen molar-refractivity contribution in [2.75, 3.05) is 0 Å². The number of imidazole rings is 2. The number of rotatable bonds is 2. The molecule has 0 bridgehead atoms. The molecule has 18 heavy (non-hydrogen) atoms. The third-order valence-electron chi connectivity index (χ3n) is 3.02. The summed E-state index contributed by atoms with van der Waals surface area (Å²) in [5, 5.41) is 0. The Balaban J connectivity index is 2.28. The molecular weight excluding hydrogens is 228 g/mol. The van der Waals surface area contributed by atoms with Crippen LogP contribution in [0.25, 0.3) is 16.7 Å². The van der Waals surface area contributed by atoms with Crippen molar-refractivity contribution in [3.05, 3.63) is 47.4 Å². The normalized spacial score (nSPS) is 11.5. The molecular formula is C13H14N4O. The second-order valence-corrected chi connectivity index (χ2v) is 4.57. The summed E-state index contributed by atoms with van der Waals surface area (Å²) in [6, 6.07) is 6.01. The maximum Gasteiger partial charge on any atom is 0.326 e. The van der Waals surface area contributed by atoms with Gasteiger partial charge in [0.05, 0.1) is 17.4 Å². The smallest absolute Gasteiger partial charge is 0.306 e. The van der Waals surface area contributed by atoms with Gasteiger partial charge >= 0.3 is 5.69 Å². The lowest BCUT2D eigenvalue weighted by Crippen LogP contribution is -2.18. The zero-order chi connectivity index (χ0) is 12.7. The highest BCUT2D eigenvalue weighted by molar-refractivity contribution is 5.78. The Labute approximate surface area is 104 Å². The van der Waals surface area contributed by atoms with Crippen LogP contribution in [-0.2, 0) is 0 Å². The molecule has 2 heterocycles. The highest BCUT2D eigenvalue weighted by Gasteiger charge is 2.10. The topological polar surface area (TPSA) is 55.6 Å². The molecule has 0 saturated carbocycles. The fraction of sp³-hybridized carbons (Fsp3) is 0.231. The number of aromatic nitrogens is 4. The SMILES string of the molecule is CC(C)n1c(=O)[nH]c2ccc(-n3ccnc3)cc21. The van der Waals surface area contributed by atoms with Crippen molar-refractivity contribution in [1.29, 1.82) is 0 Å². The molecule has 1 aromatic carbocycles. The molecule has 5 heteroatoms. The molecule has 0 fully saturated rings. The van der Waals surface area contributed by atoms with Crippen LogP contribution in [0.2, 0.25) is 0 Å². The molecule has 0 spiro atoms. The van der Waals surface area contributed by atoms with Crippen LogP contribution in [-0.4, -0.2) is 19.1 Å². The monoisotopic (exact) mass is 242 g/mol. The van der Waals surface area contributed by atoms with Crippen molar-refractivity contribution in [1.82, 2.24) is 19.1 Å². The van der Waals surface area contributed by atoms with Crippen LogP contribution < -0.4 is 5.69 Å². The van der Waals surface area contributed by atoms with Crippen LogP contribution in [0, 0.1) is 0 Å². The fourth-order valence-corrected chi connectivity index (χ4v) is 2.20. The van der Waals surface area contributed by atoms with Gasteiger partial charge in [0, 0.05) is 24.1 Å². The largest absolute Gasteiger partial charge is 0.326 e. The van der Waals surface area contributed by atoms with Gasteiger partial charge in [-0.3, -0.25) is 4.57 Å². The minimum atomic E-state index is -0.0669. The molecule has 0 aliphatic rings. The van der Waals surface area contributed by atoms with Crippen molar-refractivity contribution in [2.45, 2.75) is 19.9 Å². The van der Waals surface area contributed by atoms with Gasteiger partial charge in [-0.15, -0.1) is 0 Å². The third kappa shape index (κ3) is 1.55. The number of nitrogens with zero attached hydrogens (tertiary/aromatic N) is 3. The number of H-pyrrole nitrogens is 1. The van der Waals surface area contributed by atoms with Gasteiger partial charge in [-0.1, -0.05) is 0 Å². The Kier molecular flexibility index (Phi) is 2.33. The molecule has 0 saturated heterocycles. The van der Waals surface area contributed by atoms with Gasteiger partial charge < -0.3 is 9.55 Å². The standard InChI is InChI=1S/C13H14N4O/c1-9(2)17-12-7-10(16-6-5-14-8-16)3-4-11(12)15-13(17)18/h3-9H,1-2H3,(H,15,18). The molecule has 92 valence electrons. The van der Waals surface area contributed by atoms with E-state index in [0.29, 0.717) is 0 Å². The summed E-state index contributed by atoms with van der Waals surface area (Å²) in [4.78, 5) is 18.8. The van der Waals surface area contributed by atoms with Crippen LogP contribution in [0.1, 0.15) is 19.9 Å². The first kappa shape index (κ1) is 10.8. The third-order valence-corrected chi connectivity index (χ3v) is 3.02. The van der Waals surface area contributed by atoms with Crippen LogP contribution in [0.3, 0.4) is 0 Å². The highest BCUT2D eigenvalue weighted by Crippen LogP contribution is 2.18. The second-order valence-electron chi connectivity index (χ2n) is 4.57. The van der Waals surface area contributed by atoms with Gasteiger partial charge in [0.1, 0.15) is 0 Å². The molecule has 0 amide bonds. The lowest BCUT2D eigenvalue weighted by atomic mass is 10.2. The molecule has 1 N–H and O–H groups in total. The van der Waals surface area contributed by atoms with Crippen LogP contribution in [0.4, 0.5) is 0 Å². The molecule has 0 radical (unpaired) electrons. The van der Waals surface area contributed by atoms with E-state index in [4.69, 9.17) is 0 Å². The van der Waals surface area contributed by atoms with Crippen LogP contribution in [0.15, 0.2) is 41.7 Å². The minimum Gasteiger partial charge on any atom is -0.306 e. The first-order valence-electron chi connectivity index (χ1n) is 5.89. The summed E-state index contributed by atoms with van der Waals surface area (Å²) >= 11 is 0. The predicted molar refractivity (Wildman–Crippen MR) is 70.1 cm³/mol. The van der Waals surface area contributed by atoms with Gasteiger partial charge in [0.25, 0.3) is 0 Å². The van der Waals surface area contributed by atoms with Gasteiger partial charge in [-0.25, -0.2) is 9.78 Å². The van der Waals surface area contributed by atoms with Gasteiger partial charge in [-0.2, -0.15) is 0 Å². The van der Waals surface area contributed by atoms with Crippen LogP contribution in [0.5, 0.6) is 0 Å². The number of hydrogen-bond donors (Lipinski definition) is 1. The van der Waals surface area contributed by atoms with Crippen molar-refractivity contribution < 1.29 is 0 Å². The summed E-state index contributed by atoms with van der Waals surface area (Å²) < 4.78 is 3.68. The zero-order valence-electron chi connectivity index (χ0n) is 10.3. The Morgan fingerprint density at radius 2 is 2.17 bits per heavy atom. The van der Waals surface area contributed by atoms with Crippen LogP contribution >= 0.6 is 0 Å². The molecule has 0 aliphatic heterocycles. The first-order valence-corrected chi connectivity index (χ1v) is 5.89. The van der Waals surface area contributed by atoms with Crippen molar-refractivity contribution in [2.24, 2.45) is 0 Å². The molecule has 0 atom stereocenters. The average Bonchev–Trinajstić information content (AvgIpc) is 2.92. The Bertz CT molecular complexity index is 734. The molecule has 0 aliphatic carbocycles. The highest BCUT2D eigenvalue weighted by atomic mass is 16.1. The summed E-state index contributed by atoms with van der Waals surface area (Å²) in [5.41, 5.74) is 2.70. The fourth-order valence-electron chi connectivity index (χ4n) is 2.20. The van der Waals surface area contributed by atoms with Gasteiger partial charge in [0.15, 0.2) is 0 Å². The second kappa shape index (κ2) is 3.87. The van der Waals surface area contributed by atoms with E-state index in [1.54, 1.807) is 17.1 Å². The Morgan fingerprint density at radius 3 is 2.83 bits per heavy atom. The van der Waals surface area contributed by atoms with E-state index >= 15 is 0 Å². The van der Waals surface area contributed by atoms with Gasteiger partial charge in [-0.05, 0) is 32.0 Å². The van der Waals surface area contributed by atoms with Crippen molar-refractivity contribution >= 4 is 11.0 Å². The first-order chi connectivity index (χ1) is 8.66. The molecule has 3 aromatic rings. The van der Waals surface area contributed by atoms with E-state index in [9.17, 15) is 4.79 Å². The van der Waals surface area contributed by atoms with Crippen molar-refractivity contribution in [3.8, 4) is 5.69 Å². The van der Waals surface area contributed by atoms with E-state index < -0.39 is 0 Å². The number of aromatic amines is 1. The van der Waals surface area contributed by atoms with Gasteiger partial charge in [0.2, 0.25) is 0 Å². The number of fused-ring (bicyclic) bond motifs is 1. The zero-order valence-corrected chi connectivity index (χ0v) is 10.3. The van der Waals surface area contributed by atoms with E-state index in [1.807, 2.05) is 42.8 Å². The minimum absolute atomic E-state index is 0.0669.